The molecule has 1 aromatic carbocycles. The largest absolute Gasteiger partial charge is 0.389 e. The van der Waals surface area contributed by atoms with Crippen molar-refractivity contribution in [2.24, 2.45) is 0 Å². The zero-order valence-corrected chi connectivity index (χ0v) is 9.45. The van der Waals surface area contributed by atoms with Gasteiger partial charge in [0.1, 0.15) is 5.82 Å². The van der Waals surface area contributed by atoms with Crippen molar-refractivity contribution in [3.8, 4) is 0 Å². The van der Waals surface area contributed by atoms with E-state index < -0.39 is 6.10 Å². The van der Waals surface area contributed by atoms with Gasteiger partial charge in [0.2, 0.25) is 0 Å². The number of benzene rings is 1. The van der Waals surface area contributed by atoms with Crippen LogP contribution in [-0.4, -0.2) is 38.0 Å². The van der Waals surface area contributed by atoms with E-state index in [1.165, 1.54) is 12.1 Å². The van der Waals surface area contributed by atoms with Gasteiger partial charge in [-0.05, 0) is 30.7 Å². The van der Waals surface area contributed by atoms with Crippen molar-refractivity contribution in [2.75, 3.05) is 26.8 Å². The average molecular weight is 227 g/mol. The third kappa shape index (κ3) is 5.21. The molecule has 4 heteroatoms. The van der Waals surface area contributed by atoms with Gasteiger partial charge in [-0.1, -0.05) is 12.1 Å². The smallest absolute Gasteiger partial charge is 0.123 e. The van der Waals surface area contributed by atoms with E-state index in [0.717, 1.165) is 12.0 Å². The van der Waals surface area contributed by atoms with Gasteiger partial charge >= 0.3 is 0 Å². The van der Waals surface area contributed by atoms with Gasteiger partial charge in [0.15, 0.2) is 0 Å². The zero-order chi connectivity index (χ0) is 11.8. The van der Waals surface area contributed by atoms with Crippen LogP contribution in [0.25, 0.3) is 0 Å². The Morgan fingerprint density at radius 1 is 1.50 bits per heavy atom. The first-order valence-electron chi connectivity index (χ1n) is 5.34. The highest BCUT2D eigenvalue weighted by atomic mass is 19.1. The topological polar surface area (TPSA) is 41.5 Å². The maximum absolute atomic E-state index is 12.8. The third-order valence-corrected chi connectivity index (χ3v) is 2.22. The normalized spacial score (nSPS) is 12.7. The first-order chi connectivity index (χ1) is 7.72. The van der Waals surface area contributed by atoms with Crippen LogP contribution in [0.5, 0.6) is 0 Å². The number of hydrogen-bond donors (Lipinski definition) is 2. The highest BCUT2D eigenvalue weighted by Gasteiger charge is 2.01. The quantitative estimate of drug-likeness (QED) is 0.682. The summed E-state index contributed by atoms with van der Waals surface area (Å²) in [6.45, 7) is 1.53. The van der Waals surface area contributed by atoms with E-state index in [1.807, 2.05) is 6.07 Å². The molecule has 0 saturated heterocycles. The Labute approximate surface area is 95.2 Å². The fourth-order valence-electron chi connectivity index (χ4n) is 1.45. The van der Waals surface area contributed by atoms with Gasteiger partial charge in [-0.2, -0.15) is 0 Å². The molecule has 16 heavy (non-hydrogen) atoms. The van der Waals surface area contributed by atoms with Crippen molar-refractivity contribution in [1.82, 2.24) is 5.32 Å². The summed E-state index contributed by atoms with van der Waals surface area (Å²) in [6, 6.07) is 6.54. The predicted molar refractivity (Wildman–Crippen MR) is 60.9 cm³/mol. The molecule has 0 saturated carbocycles. The molecule has 0 heterocycles. The third-order valence-electron chi connectivity index (χ3n) is 2.22. The van der Waals surface area contributed by atoms with Crippen LogP contribution in [0, 0.1) is 5.82 Å². The van der Waals surface area contributed by atoms with Gasteiger partial charge in [0, 0.05) is 13.7 Å². The molecule has 0 spiro atoms. The minimum atomic E-state index is -0.488. The Kier molecular flexibility index (Phi) is 6.00. The summed E-state index contributed by atoms with van der Waals surface area (Å²) in [6.07, 6.45) is 0.259. The second-order valence-corrected chi connectivity index (χ2v) is 3.69. The summed E-state index contributed by atoms with van der Waals surface area (Å²) < 4.78 is 17.6. The average Bonchev–Trinajstić information content (AvgIpc) is 2.25. The first kappa shape index (κ1) is 13.1. The van der Waals surface area contributed by atoms with Crippen molar-refractivity contribution >= 4 is 0 Å². The molecule has 0 aliphatic heterocycles. The van der Waals surface area contributed by atoms with Gasteiger partial charge in [-0.15, -0.1) is 0 Å². The van der Waals surface area contributed by atoms with E-state index in [2.05, 4.69) is 5.32 Å². The van der Waals surface area contributed by atoms with Gasteiger partial charge in [-0.25, -0.2) is 4.39 Å². The van der Waals surface area contributed by atoms with Gasteiger partial charge in [-0.3, -0.25) is 0 Å². The van der Waals surface area contributed by atoms with Crippen LogP contribution in [0.3, 0.4) is 0 Å². The Bertz CT molecular complexity index is 307. The number of aliphatic hydroxyl groups excluding tert-OH is 1. The van der Waals surface area contributed by atoms with Crippen molar-refractivity contribution in [3.05, 3.63) is 35.6 Å². The van der Waals surface area contributed by atoms with Crippen molar-refractivity contribution in [2.45, 2.75) is 12.5 Å². The molecular weight excluding hydrogens is 209 g/mol. The lowest BCUT2D eigenvalue weighted by molar-refractivity contribution is 0.0648. The van der Waals surface area contributed by atoms with Crippen molar-refractivity contribution in [1.29, 1.82) is 0 Å². The summed E-state index contributed by atoms with van der Waals surface area (Å²) >= 11 is 0. The lowest BCUT2D eigenvalue weighted by atomic mass is 10.1. The number of halogens is 1. The second-order valence-electron chi connectivity index (χ2n) is 3.69. The fourth-order valence-corrected chi connectivity index (χ4v) is 1.45. The molecule has 0 aromatic heterocycles. The number of rotatable bonds is 7. The van der Waals surface area contributed by atoms with Crippen LogP contribution < -0.4 is 5.32 Å². The van der Waals surface area contributed by atoms with Crippen molar-refractivity contribution in [3.63, 3.8) is 0 Å². The lowest BCUT2D eigenvalue weighted by Gasteiger charge is -2.10. The van der Waals surface area contributed by atoms with E-state index >= 15 is 0 Å². The molecule has 3 nitrogen and oxygen atoms in total. The zero-order valence-electron chi connectivity index (χ0n) is 9.45. The summed E-state index contributed by atoms with van der Waals surface area (Å²) in [4.78, 5) is 0. The molecule has 0 bridgehead atoms. The standard InChI is InChI=1S/C12H18FNO2/c1-16-9-12(15)8-14-6-5-10-3-2-4-11(13)7-10/h2-4,7,12,14-15H,5-6,8-9H2,1H3. The molecule has 1 unspecified atom stereocenters. The summed E-state index contributed by atoms with van der Waals surface area (Å²) in [7, 11) is 1.55. The summed E-state index contributed by atoms with van der Waals surface area (Å²) in [5.41, 5.74) is 0.953. The molecule has 0 fully saturated rings. The van der Waals surface area contributed by atoms with E-state index in [4.69, 9.17) is 4.74 Å². The second kappa shape index (κ2) is 7.33. The molecule has 0 aliphatic carbocycles. The van der Waals surface area contributed by atoms with E-state index in [0.29, 0.717) is 19.7 Å². The molecule has 0 aliphatic rings. The van der Waals surface area contributed by atoms with Crippen LogP contribution in [0.15, 0.2) is 24.3 Å². The Morgan fingerprint density at radius 2 is 2.31 bits per heavy atom. The van der Waals surface area contributed by atoms with E-state index in [-0.39, 0.29) is 5.82 Å². The van der Waals surface area contributed by atoms with E-state index in [1.54, 1.807) is 13.2 Å². The maximum Gasteiger partial charge on any atom is 0.123 e. The van der Waals surface area contributed by atoms with Crippen LogP contribution in [-0.2, 0) is 11.2 Å². The Morgan fingerprint density at radius 3 is 3.00 bits per heavy atom. The van der Waals surface area contributed by atoms with Crippen LogP contribution in [0.1, 0.15) is 5.56 Å². The highest BCUT2D eigenvalue weighted by molar-refractivity contribution is 5.16. The number of ether oxygens (including phenoxy) is 1. The first-order valence-corrected chi connectivity index (χ1v) is 5.34. The molecule has 90 valence electrons. The molecule has 2 N–H and O–H groups in total. The maximum atomic E-state index is 12.8. The molecule has 0 radical (unpaired) electrons. The van der Waals surface area contributed by atoms with Gasteiger partial charge in [0.05, 0.1) is 12.7 Å². The fraction of sp³-hybridized carbons (Fsp3) is 0.500. The predicted octanol–water partition coefficient (Wildman–Crippen LogP) is 0.965. The Hall–Kier alpha value is -0.970. The minimum absolute atomic E-state index is 0.211. The van der Waals surface area contributed by atoms with Gasteiger partial charge < -0.3 is 15.2 Å². The van der Waals surface area contributed by atoms with Gasteiger partial charge in [0.25, 0.3) is 0 Å². The molecule has 1 aromatic rings. The Balaban J connectivity index is 2.16. The molecule has 1 rings (SSSR count). The van der Waals surface area contributed by atoms with E-state index in [9.17, 15) is 9.50 Å². The van der Waals surface area contributed by atoms with Crippen LogP contribution in [0.2, 0.25) is 0 Å². The highest BCUT2D eigenvalue weighted by Crippen LogP contribution is 2.03. The summed E-state index contributed by atoms with van der Waals surface area (Å²) in [5.74, 6) is -0.211. The number of nitrogens with one attached hydrogen (secondary N) is 1. The lowest BCUT2D eigenvalue weighted by Crippen LogP contribution is -2.31. The minimum Gasteiger partial charge on any atom is -0.389 e. The summed E-state index contributed by atoms with van der Waals surface area (Å²) in [5, 5.41) is 12.4. The SMILES string of the molecule is COCC(O)CNCCc1cccc(F)c1. The molecule has 0 amide bonds. The van der Waals surface area contributed by atoms with Crippen molar-refractivity contribution < 1.29 is 14.2 Å². The number of hydrogen-bond acceptors (Lipinski definition) is 3. The van der Waals surface area contributed by atoms with Crippen LogP contribution in [0.4, 0.5) is 4.39 Å². The number of methoxy groups -OCH3 is 1. The van der Waals surface area contributed by atoms with Crippen LogP contribution >= 0.6 is 0 Å². The number of aliphatic hydroxyl groups is 1. The monoisotopic (exact) mass is 227 g/mol. The molecular formula is C12H18FNO2. The molecule has 1 atom stereocenters.